The first kappa shape index (κ1) is 17.3. The summed E-state index contributed by atoms with van der Waals surface area (Å²) in [5.74, 6) is 0.779. The van der Waals surface area contributed by atoms with E-state index in [1.54, 1.807) is 12.3 Å². The van der Waals surface area contributed by atoms with Crippen molar-refractivity contribution in [2.24, 2.45) is 0 Å². The second-order valence-corrected chi connectivity index (χ2v) is 6.85. The normalized spacial score (nSPS) is 14.0. The van der Waals surface area contributed by atoms with Gasteiger partial charge in [-0.3, -0.25) is 4.79 Å². The molecule has 1 aliphatic heterocycles. The zero-order valence-corrected chi connectivity index (χ0v) is 15.3. The highest BCUT2D eigenvalue weighted by atomic mass is 16.1. The van der Waals surface area contributed by atoms with Crippen LogP contribution in [0.1, 0.15) is 29.6 Å². The first-order valence-electron chi connectivity index (χ1n) is 9.47. The third-order valence-electron chi connectivity index (χ3n) is 4.92. The SMILES string of the molecule is O=C(Nc1cccc(-c2ccccc2)c1)c1ccnc(N2CCCCC2)c1. The molecule has 1 fully saturated rings. The summed E-state index contributed by atoms with van der Waals surface area (Å²) in [6.07, 6.45) is 5.36. The van der Waals surface area contributed by atoms with Crippen molar-refractivity contribution in [2.75, 3.05) is 23.3 Å². The molecule has 2 aromatic carbocycles. The maximum Gasteiger partial charge on any atom is 0.255 e. The molecule has 1 saturated heterocycles. The van der Waals surface area contributed by atoms with Gasteiger partial charge in [-0.1, -0.05) is 42.5 Å². The minimum Gasteiger partial charge on any atom is -0.357 e. The standard InChI is InChI=1S/C23H23N3O/c27-23(20-12-13-24-22(17-20)26-14-5-2-6-15-26)25-21-11-7-10-19(16-21)18-8-3-1-4-9-18/h1,3-4,7-13,16-17H,2,5-6,14-15H2,(H,25,27). The van der Waals surface area contributed by atoms with Crippen LogP contribution in [0.5, 0.6) is 0 Å². The summed E-state index contributed by atoms with van der Waals surface area (Å²) in [5.41, 5.74) is 3.63. The molecule has 0 radical (unpaired) electrons. The van der Waals surface area contributed by atoms with Gasteiger partial charge in [-0.25, -0.2) is 4.98 Å². The number of piperidine rings is 1. The van der Waals surface area contributed by atoms with Gasteiger partial charge in [0.2, 0.25) is 0 Å². The van der Waals surface area contributed by atoms with Crippen molar-refractivity contribution in [1.82, 2.24) is 4.98 Å². The summed E-state index contributed by atoms with van der Waals surface area (Å²) in [6.45, 7) is 2.02. The molecule has 0 unspecified atom stereocenters. The van der Waals surface area contributed by atoms with Crippen LogP contribution in [-0.2, 0) is 0 Å². The fraction of sp³-hybridized carbons (Fsp3) is 0.217. The number of carbonyl (C=O) groups excluding carboxylic acids is 1. The van der Waals surface area contributed by atoms with Gasteiger partial charge in [-0.05, 0) is 54.7 Å². The van der Waals surface area contributed by atoms with E-state index in [0.717, 1.165) is 35.7 Å². The number of pyridine rings is 1. The van der Waals surface area contributed by atoms with Gasteiger partial charge >= 0.3 is 0 Å². The average molecular weight is 357 g/mol. The molecule has 4 rings (SSSR count). The zero-order chi connectivity index (χ0) is 18.5. The van der Waals surface area contributed by atoms with Gasteiger partial charge in [0.15, 0.2) is 0 Å². The Morgan fingerprint density at radius 2 is 1.63 bits per heavy atom. The molecule has 2 heterocycles. The molecular formula is C23H23N3O. The third-order valence-corrected chi connectivity index (χ3v) is 4.92. The van der Waals surface area contributed by atoms with Crippen LogP contribution in [0, 0.1) is 0 Å². The second-order valence-electron chi connectivity index (χ2n) is 6.85. The van der Waals surface area contributed by atoms with E-state index in [0.29, 0.717) is 5.56 Å². The largest absolute Gasteiger partial charge is 0.357 e. The minimum absolute atomic E-state index is 0.110. The van der Waals surface area contributed by atoms with E-state index in [-0.39, 0.29) is 5.91 Å². The number of hydrogen-bond acceptors (Lipinski definition) is 3. The highest BCUT2D eigenvalue weighted by Gasteiger charge is 2.14. The van der Waals surface area contributed by atoms with Gasteiger partial charge in [0.1, 0.15) is 5.82 Å². The molecule has 1 aromatic heterocycles. The van der Waals surface area contributed by atoms with E-state index in [2.05, 4.69) is 27.3 Å². The number of rotatable bonds is 4. The summed E-state index contributed by atoms with van der Waals surface area (Å²) in [7, 11) is 0. The highest BCUT2D eigenvalue weighted by molar-refractivity contribution is 6.04. The molecule has 27 heavy (non-hydrogen) atoms. The fourth-order valence-corrected chi connectivity index (χ4v) is 3.47. The minimum atomic E-state index is -0.110. The van der Waals surface area contributed by atoms with Crippen molar-refractivity contribution in [2.45, 2.75) is 19.3 Å². The van der Waals surface area contributed by atoms with Crippen LogP contribution >= 0.6 is 0 Å². The Hall–Kier alpha value is -3.14. The molecule has 0 aliphatic carbocycles. The molecule has 0 spiro atoms. The van der Waals surface area contributed by atoms with E-state index in [1.807, 2.05) is 48.5 Å². The Kier molecular flexibility index (Phi) is 5.15. The van der Waals surface area contributed by atoms with Crippen LogP contribution in [-0.4, -0.2) is 24.0 Å². The Bertz CT molecular complexity index is 918. The molecule has 136 valence electrons. The molecule has 0 saturated carbocycles. The van der Waals surface area contributed by atoms with Crippen LogP contribution in [0.4, 0.5) is 11.5 Å². The first-order chi connectivity index (χ1) is 13.3. The molecule has 4 nitrogen and oxygen atoms in total. The van der Waals surface area contributed by atoms with E-state index >= 15 is 0 Å². The van der Waals surface area contributed by atoms with E-state index in [1.165, 1.54) is 19.3 Å². The Labute approximate surface area is 159 Å². The monoisotopic (exact) mass is 357 g/mol. The van der Waals surface area contributed by atoms with Crippen LogP contribution < -0.4 is 10.2 Å². The van der Waals surface area contributed by atoms with Crippen molar-refractivity contribution in [1.29, 1.82) is 0 Å². The van der Waals surface area contributed by atoms with E-state index in [9.17, 15) is 4.79 Å². The predicted octanol–water partition coefficient (Wildman–Crippen LogP) is 4.99. The molecule has 1 N–H and O–H groups in total. The van der Waals surface area contributed by atoms with Gasteiger partial charge in [-0.2, -0.15) is 0 Å². The molecule has 1 aliphatic rings. The van der Waals surface area contributed by atoms with Crippen molar-refractivity contribution < 1.29 is 4.79 Å². The number of nitrogens with zero attached hydrogens (tertiary/aromatic N) is 2. The van der Waals surface area contributed by atoms with Crippen LogP contribution in [0.3, 0.4) is 0 Å². The summed E-state index contributed by atoms with van der Waals surface area (Å²) < 4.78 is 0. The number of amides is 1. The van der Waals surface area contributed by atoms with Gasteiger partial charge in [-0.15, -0.1) is 0 Å². The summed E-state index contributed by atoms with van der Waals surface area (Å²) in [5, 5.41) is 3.01. The number of anilines is 2. The number of benzene rings is 2. The van der Waals surface area contributed by atoms with Gasteiger partial charge in [0.25, 0.3) is 5.91 Å². The van der Waals surface area contributed by atoms with Gasteiger partial charge in [0, 0.05) is 30.5 Å². The number of aromatic nitrogens is 1. The quantitative estimate of drug-likeness (QED) is 0.715. The smallest absolute Gasteiger partial charge is 0.255 e. The topological polar surface area (TPSA) is 45.2 Å². The van der Waals surface area contributed by atoms with Crippen molar-refractivity contribution in [3.63, 3.8) is 0 Å². The lowest BCUT2D eigenvalue weighted by atomic mass is 10.1. The number of nitrogens with one attached hydrogen (secondary N) is 1. The molecule has 1 amide bonds. The average Bonchev–Trinajstić information content (AvgIpc) is 2.75. The molecular weight excluding hydrogens is 334 g/mol. The highest BCUT2D eigenvalue weighted by Crippen LogP contribution is 2.23. The third kappa shape index (κ3) is 4.17. The van der Waals surface area contributed by atoms with Crippen molar-refractivity contribution in [3.05, 3.63) is 78.5 Å². The summed E-state index contributed by atoms with van der Waals surface area (Å²) in [4.78, 5) is 19.5. The summed E-state index contributed by atoms with van der Waals surface area (Å²) in [6, 6.07) is 21.7. The maximum atomic E-state index is 12.7. The molecule has 0 bridgehead atoms. The van der Waals surface area contributed by atoms with Crippen molar-refractivity contribution >= 4 is 17.4 Å². The zero-order valence-electron chi connectivity index (χ0n) is 15.3. The Morgan fingerprint density at radius 3 is 2.44 bits per heavy atom. The predicted molar refractivity (Wildman–Crippen MR) is 110 cm³/mol. The lowest BCUT2D eigenvalue weighted by molar-refractivity contribution is 0.102. The summed E-state index contributed by atoms with van der Waals surface area (Å²) >= 11 is 0. The van der Waals surface area contributed by atoms with Crippen LogP contribution in [0.15, 0.2) is 72.9 Å². The lowest BCUT2D eigenvalue weighted by Gasteiger charge is -2.27. The van der Waals surface area contributed by atoms with E-state index in [4.69, 9.17) is 0 Å². The number of hydrogen-bond donors (Lipinski definition) is 1. The molecule has 0 atom stereocenters. The molecule has 4 heteroatoms. The van der Waals surface area contributed by atoms with Crippen molar-refractivity contribution in [3.8, 4) is 11.1 Å². The van der Waals surface area contributed by atoms with Crippen LogP contribution in [0.2, 0.25) is 0 Å². The first-order valence-corrected chi connectivity index (χ1v) is 9.47. The van der Waals surface area contributed by atoms with Crippen LogP contribution in [0.25, 0.3) is 11.1 Å². The number of carbonyl (C=O) groups is 1. The molecule has 3 aromatic rings. The fourth-order valence-electron chi connectivity index (χ4n) is 3.47. The van der Waals surface area contributed by atoms with Gasteiger partial charge < -0.3 is 10.2 Å². The Morgan fingerprint density at radius 1 is 0.852 bits per heavy atom. The maximum absolute atomic E-state index is 12.7. The second kappa shape index (κ2) is 8.04. The van der Waals surface area contributed by atoms with E-state index < -0.39 is 0 Å². The lowest BCUT2D eigenvalue weighted by Crippen LogP contribution is -2.30. The van der Waals surface area contributed by atoms with Gasteiger partial charge in [0.05, 0.1) is 0 Å². The Balaban J connectivity index is 1.51.